The highest BCUT2D eigenvalue weighted by Gasteiger charge is 2.20. The maximum absolute atomic E-state index is 6.11. The van der Waals surface area contributed by atoms with Crippen molar-refractivity contribution in [3.63, 3.8) is 0 Å². The molecule has 0 spiro atoms. The third-order valence-electron chi connectivity index (χ3n) is 4.38. The summed E-state index contributed by atoms with van der Waals surface area (Å²) >= 11 is 7.85. The van der Waals surface area contributed by atoms with Crippen LogP contribution in [0.25, 0.3) is 10.2 Å². The molecule has 0 N–H and O–H groups in total. The zero-order chi connectivity index (χ0) is 17.2. The fourth-order valence-electron chi connectivity index (χ4n) is 3.11. The molecule has 0 radical (unpaired) electrons. The maximum atomic E-state index is 6.11. The monoisotopic (exact) mass is 373 g/mol. The molecule has 3 aromatic rings. The van der Waals surface area contributed by atoms with Gasteiger partial charge in [0.1, 0.15) is 5.75 Å². The van der Waals surface area contributed by atoms with E-state index in [2.05, 4.69) is 21.9 Å². The van der Waals surface area contributed by atoms with Crippen LogP contribution in [0.2, 0.25) is 5.02 Å². The van der Waals surface area contributed by atoms with Gasteiger partial charge in [0.15, 0.2) is 5.13 Å². The number of piperazine rings is 1. The second-order valence-electron chi connectivity index (χ2n) is 6.01. The first-order chi connectivity index (χ1) is 12.2. The van der Waals surface area contributed by atoms with Crippen molar-refractivity contribution in [2.24, 2.45) is 0 Å². The third kappa shape index (κ3) is 3.53. The lowest BCUT2D eigenvalue weighted by atomic mass is 10.2. The molecule has 1 aliphatic heterocycles. The van der Waals surface area contributed by atoms with Crippen LogP contribution < -0.4 is 14.5 Å². The van der Waals surface area contributed by atoms with Crippen molar-refractivity contribution in [3.05, 3.63) is 47.5 Å². The Labute approximate surface area is 156 Å². The fourth-order valence-corrected chi connectivity index (χ4v) is 4.34. The normalized spacial score (nSPS) is 15.0. The summed E-state index contributed by atoms with van der Waals surface area (Å²) in [6, 6.07) is 14.2. The Morgan fingerprint density at radius 1 is 1.08 bits per heavy atom. The third-order valence-corrected chi connectivity index (χ3v) is 5.70. The smallest absolute Gasteiger partial charge is 0.186 e. The first-order valence-corrected chi connectivity index (χ1v) is 9.71. The van der Waals surface area contributed by atoms with E-state index in [4.69, 9.17) is 21.3 Å². The van der Waals surface area contributed by atoms with Crippen LogP contribution in [0.5, 0.6) is 5.75 Å². The van der Waals surface area contributed by atoms with Gasteiger partial charge in [-0.05, 0) is 43.3 Å². The predicted octanol–water partition coefficient (Wildman–Crippen LogP) is 4.68. The molecule has 0 amide bonds. The second kappa shape index (κ2) is 7.10. The number of hydrogen-bond donors (Lipinski definition) is 0. The van der Waals surface area contributed by atoms with Gasteiger partial charge in [0, 0.05) is 36.9 Å². The van der Waals surface area contributed by atoms with Crippen molar-refractivity contribution >= 4 is 44.0 Å². The lowest BCUT2D eigenvalue weighted by Crippen LogP contribution is -2.46. The minimum Gasteiger partial charge on any atom is -0.494 e. The molecule has 0 atom stereocenters. The maximum Gasteiger partial charge on any atom is 0.186 e. The van der Waals surface area contributed by atoms with E-state index < -0.39 is 0 Å². The lowest BCUT2D eigenvalue weighted by Gasteiger charge is -2.36. The second-order valence-corrected chi connectivity index (χ2v) is 7.46. The fraction of sp³-hybridized carbons (Fsp3) is 0.316. The summed E-state index contributed by atoms with van der Waals surface area (Å²) in [6.45, 7) is 6.56. The minimum absolute atomic E-state index is 0.683. The van der Waals surface area contributed by atoms with Crippen molar-refractivity contribution in [3.8, 4) is 5.75 Å². The number of rotatable bonds is 4. The van der Waals surface area contributed by atoms with Gasteiger partial charge in [0.05, 0.1) is 16.8 Å². The highest BCUT2D eigenvalue weighted by atomic mass is 35.5. The molecular formula is C19H20ClN3OS. The molecule has 0 saturated carbocycles. The molecule has 1 fully saturated rings. The SMILES string of the molecule is CCOc1ccc2nc(N3CCN(c4cccc(Cl)c4)CC3)sc2c1. The predicted molar refractivity (Wildman–Crippen MR) is 107 cm³/mol. The standard InChI is InChI=1S/C19H20ClN3OS/c1-2-24-16-6-7-17-18(13-16)25-19(21-17)23-10-8-22(9-11-23)15-5-3-4-14(20)12-15/h3-7,12-13H,2,8-11H2,1H3. The van der Waals surface area contributed by atoms with E-state index in [1.54, 1.807) is 11.3 Å². The van der Waals surface area contributed by atoms with Crippen LogP contribution in [0.15, 0.2) is 42.5 Å². The van der Waals surface area contributed by atoms with Gasteiger partial charge in [0.2, 0.25) is 0 Å². The number of hydrogen-bond acceptors (Lipinski definition) is 5. The van der Waals surface area contributed by atoms with E-state index in [-0.39, 0.29) is 0 Å². The van der Waals surface area contributed by atoms with E-state index in [0.29, 0.717) is 6.61 Å². The van der Waals surface area contributed by atoms with Crippen LogP contribution in [0.3, 0.4) is 0 Å². The summed E-state index contributed by atoms with van der Waals surface area (Å²) in [5.41, 5.74) is 2.23. The molecule has 1 aromatic heterocycles. The Morgan fingerprint density at radius 3 is 2.64 bits per heavy atom. The van der Waals surface area contributed by atoms with Gasteiger partial charge >= 0.3 is 0 Å². The van der Waals surface area contributed by atoms with Crippen LogP contribution in [0.1, 0.15) is 6.92 Å². The largest absolute Gasteiger partial charge is 0.494 e. The van der Waals surface area contributed by atoms with E-state index in [9.17, 15) is 0 Å². The molecule has 0 unspecified atom stereocenters. The topological polar surface area (TPSA) is 28.6 Å². The Bertz CT molecular complexity index is 874. The molecule has 2 aromatic carbocycles. The van der Waals surface area contributed by atoms with Crippen LogP contribution >= 0.6 is 22.9 Å². The highest BCUT2D eigenvalue weighted by Crippen LogP contribution is 2.32. The number of thiazole rings is 1. The molecule has 130 valence electrons. The van der Waals surface area contributed by atoms with Crippen LogP contribution in [0.4, 0.5) is 10.8 Å². The van der Waals surface area contributed by atoms with E-state index in [1.165, 1.54) is 10.4 Å². The Balaban J connectivity index is 1.47. The number of benzene rings is 2. The molecule has 0 bridgehead atoms. The molecule has 4 rings (SSSR count). The van der Waals surface area contributed by atoms with Crippen molar-refractivity contribution in [2.75, 3.05) is 42.6 Å². The number of ether oxygens (including phenoxy) is 1. The van der Waals surface area contributed by atoms with E-state index in [0.717, 1.165) is 47.6 Å². The molecule has 1 saturated heterocycles. The number of anilines is 2. The van der Waals surface area contributed by atoms with E-state index in [1.807, 2.05) is 37.3 Å². The highest BCUT2D eigenvalue weighted by molar-refractivity contribution is 7.22. The first kappa shape index (κ1) is 16.5. The summed E-state index contributed by atoms with van der Waals surface area (Å²) in [5, 5.41) is 1.88. The molecular weight excluding hydrogens is 354 g/mol. The molecule has 4 nitrogen and oxygen atoms in total. The zero-order valence-corrected chi connectivity index (χ0v) is 15.7. The number of halogens is 1. The van der Waals surface area contributed by atoms with Gasteiger partial charge in [-0.15, -0.1) is 0 Å². The van der Waals surface area contributed by atoms with Crippen molar-refractivity contribution in [1.82, 2.24) is 4.98 Å². The Morgan fingerprint density at radius 2 is 1.88 bits per heavy atom. The lowest BCUT2D eigenvalue weighted by molar-refractivity contribution is 0.341. The van der Waals surface area contributed by atoms with Crippen molar-refractivity contribution < 1.29 is 4.74 Å². The zero-order valence-electron chi connectivity index (χ0n) is 14.1. The van der Waals surface area contributed by atoms with Gasteiger partial charge in [-0.25, -0.2) is 4.98 Å². The van der Waals surface area contributed by atoms with Crippen LogP contribution in [0, 0.1) is 0 Å². The minimum atomic E-state index is 0.683. The number of aromatic nitrogens is 1. The van der Waals surface area contributed by atoms with Gasteiger partial charge in [-0.3, -0.25) is 0 Å². The molecule has 0 aliphatic carbocycles. The summed E-state index contributed by atoms with van der Waals surface area (Å²) in [4.78, 5) is 9.54. The van der Waals surface area contributed by atoms with Gasteiger partial charge in [-0.1, -0.05) is 29.0 Å². The average Bonchev–Trinajstić information content (AvgIpc) is 3.05. The molecule has 1 aliphatic rings. The van der Waals surface area contributed by atoms with Gasteiger partial charge < -0.3 is 14.5 Å². The summed E-state index contributed by atoms with van der Waals surface area (Å²) in [5.74, 6) is 0.913. The van der Waals surface area contributed by atoms with Crippen molar-refractivity contribution in [1.29, 1.82) is 0 Å². The first-order valence-electron chi connectivity index (χ1n) is 8.52. The summed E-state index contributed by atoms with van der Waals surface area (Å²) in [6.07, 6.45) is 0. The Kier molecular flexibility index (Phi) is 4.68. The van der Waals surface area contributed by atoms with Gasteiger partial charge in [-0.2, -0.15) is 0 Å². The summed E-state index contributed by atoms with van der Waals surface area (Å²) in [7, 11) is 0. The van der Waals surface area contributed by atoms with E-state index >= 15 is 0 Å². The average molecular weight is 374 g/mol. The molecule has 25 heavy (non-hydrogen) atoms. The summed E-state index contributed by atoms with van der Waals surface area (Å²) < 4.78 is 6.77. The van der Waals surface area contributed by atoms with Crippen LogP contribution in [-0.2, 0) is 0 Å². The quantitative estimate of drug-likeness (QED) is 0.664. The number of nitrogens with zero attached hydrogens (tertiary/aromatic N) is 3. The van der Waals surface area contributed by atoms with Crippen molar-refractivity contribution in [2.45, 2.75) is 6.92 Å². The Hall–Kier alpha value is -1.98. The van der Waals surface area contributed by atoms with Crippen LogP contribution in [-0.4, -0.2) is 37.8 Å². The number of fused-ring (bicyclic) bond motifs is 1. The molecule has 2 heterocycles. The molecule has 6 heteroatoms. The van der Waals surface area contributed by atoms with Gasteiger partial charge in [0.25, 0.3) is 0 Å².